The van der Waals surface area contributed by atoms with Crippen LogP contribution in [0.3, 0.4) is 0 Å². The van der Waals surface area contributed by atoms with Crippen molar-refractivity contribution in [2.24, 2.45) is 10.3 Å². The average molecular weight is 443 g/mol. The van der Waals surface area contributed by atoms with E-state index in [1.54, 1.807) is 18.2 Å². The number of nitrogens with one attached hydrogen (secondary N) is 1. The number of piperidine rings is 1. The van der Waals surface area contributed by atoms with E-state index in [-0.39, 0.29) is 4.90 Å². The first kappa shape index (κ1) is 22.0. The van der Waals surface area contributed by atoms with E-state index in [9.17, 15) is 13.5 Å². The summed E-state index contributed by atoms with van der Waals surface area (Å²) < 4.78 is 28.8. The molecule has 2 heterocycles. The van der Waals surface area contributed by atoms with Gasteiger partial charge in [-0.3, -0.25) is 4.90 Å². The Labute approximate surface area is 184 Å². The Kier molecular flexibility index (Phi) is 6.71. The Morgan fingerprint density at radius 2 is 1.81 bits per heavy atom. The number of β-amino-alcohol motifs (C(OH)–C–C–N with tert-alkyl or cyclic N) is 1. The van der Waals surface area contributed by atoms with Crippen LogP contribution < -0.4 is 5.32 Å². The molecule has 0 aromatic heterocycles. The van der Waals surface area contributed by atoms with E-state index in [0.717, 1.165) is 38.0 Å². The molecule has 1 unspecified atom stereocenters. The molecule has 2 aromatic rings. The number of likely N-dealkylation sites (tertiary alicyclic amines) is 1. The normalized spacial score (nSPS) is 20.0. The lowest BCUT2D eigenvalue weighted by Gasteiger charge is -2.35. The molecule has 166 valence electrons. The van der Waals surface area contributed by atoms with Crippen LogP contribution in [-0.4, -0.2) is 68.9 Å². The van der Waals surface area contributed by atoms with Crippen LogP contribution in [-0.2, 0) is 10.0 Å². The third-order valence-electron chi connectivity index (χ3n) is 5.99. The van der Waals surface area contributed by atoms with Gasteiger partial charge in [-0.1, -0.05) is 42.5 Å². The smallest absolute Gasteiger partial charge is 0.286 e. The molecule has 1 fully saturated rings. The predicted octanol–water partition coefficient (Wildman–Crippen LogP) is 2.58. The third kappa shape index (κ3) is 5.51. The van der Waals surface area contributed by atoms with E-state index in [1.807, 2.05) is 43.4 Å². The van der Waals surface area contributed by atoms with Gasteiger partial charge in [-0.2, -0.15) is 8.42 Å². The SMILES string of the molecule is CN(CC1=NS(=O)(=O)c2ccccc2N1)CC1CCN(CC(O)c2ccccc2)CC1. The van der Waals surface area contributed by atoms with E-state index in [0.29, 0.717) is 30.5 Å². The van der Waals surface area contributed by atoms with Crippen molar-refractivity contribution >= 4 is 21.5 Å². The van der Waals surface area contributed by atoms with Gasteiger partial charge in [-0.15, -0.1) is 4.40 Å². The summed E-state index contributed by atoms with van der Waals surface area (Å²) in [6.07, 6.45) is 1.67. The van der Waals surface area contributed by atoms with Crippen molar-refractivity contribution in [2.45, 2.75) is 23.8 Å². The van der Waals surface area contributed by atoms with Crippen LogP contribution in [0.5, 0.6) is 0 Å². The molecule has 7 nitrogen and oxygen atoms in total. The summed E-state index contributed by atoms with van der Waals surface area (Å²) in [5, 5.41) is 13.6. The quantitative estimate of drug-likeness (QED) is 0.686. The summed E-state index contributed by atoms with van der Waals surface area (Å²) in [4.78, 5) is 4.69. The van der Waals surface area contributed by atoms with Crippen LogP contribution in [0.2, 0.25) is 0 Å². The highest BCUT2D eigenvalue weighted by Crippen LogP contribution is 2.27. The van der Waals surface area contributed by atoms with E-state index < -0.39 is 16.1 Å². The van der Waals surface area contributed by atoms with Gasteiger partial charge in [-0.05, 0) is 56.6 Å². The summed E-state index contributed by atoms with van der Waals surface area (Å²) in [6, 6.07) is 16.7. The molecule has 2 aliphatic heterocycles. The fourth-order valence-corrected chi connectivity index (χ4v) is 5.51. The summed E-state index contributed by atoms with van der Waals surface area (Å²) in [6.45, 7) is 3.93. The second-order valence-corrected chi connectivity index (χ2v) is 10.1. The van der Waals surface area contributed by atoms with Gasteiger partial charge in [0.15, 0.2) is 0 Å². The lowest BCUT2D eigenvalue weighted by molar-refractivity contribution is 0.0841. The van der Waals surface area contributed by atoms with Crippen LogP contribution in [0, 0.1) is 5.92 Å². The number of hydrogen-bond donors (Lipinski definition) is 2. The number of nitrogens with zero attached hydrogens (tertiary/aromatic N) is 3. The fourth-order valence-electron chi connectivity index (χ4n) is 4.37. The summed E-state index contributed by atoms with van der Waals surface area (Å²) in [7, 11) is -1.64. The van der Waals surface area contributed by atoms with Gasteiger partial charge in [-0.25, -0.2) is 0 Å². The zero-order valence-corrected chi connectivity index (χ0v) is 18.6. The van der Waals surface area contributed by atoms with Gasteiger partial charge in [0.1, 0.15) is 10.7 Å². The van der Waals surface area contributed by atoms with Gasteiger partial charge < -0.3 is 15.3 Å². The number of hydrogen-bond acceptors (Lipinski definition) is 6. The number of aliphatic hydroxyl groups is 1. The maximum atomic E-state index is 12.4. The molecule has 2 aromatic carbocycles. The van der Waals surface area contributed by atoms with Crippen molar-refractivity contribution in [3.8, 4) is 0 Å². The van der Waals surface area contributed by atoms with Crippen molar-refractivity contribution in [1.29, 1.82) is 0 Å². The van der Waals surface area contributed by atoms with E-state index in [1.165, 1.54) is 0 Å². The molecule has 1 saturated heterocycles. The monoisotopic (exact) mass is 442 g/mol. The van der Waals surface area contributed by atoms with Gasteiger partial charge in [0, 0.05) is 13.1 Å². The summed E-state index contributed by atoms with van der Waals surface area (Å²) in [5.74, 6) is 1.01. The van der Waals surface area contributed by atoms with E-state index >= 15 is 0 Å². The molecule has 0 saturated carbocycles. The highest BCUT2D eigenvalue weighted by molar-refractivity contribution is 7.90. The highest BCUT2D eigenvalue weighted by atomic mass is 32.2. The van der Waals surface area contributed by atoms with Crippen LogP contribution >= 0.6 is 0 Å². The standard InChI is InChI=1S/C23H30N4O3S/c1-26(17-23-24-20-9-5-6-10-22(20)31(29,30)25-23)15-18-11-13-27(14-12-18)16-21(28)19-7-3-2-4-8-19/h2-10,18,21,28H,11-17H2,1H3,(H,24,25). The van der Waals surface area contributed by atoms with Crippen molar-refractivity contribution < 1.29 is 13.5 Å². The summed E-state index contributed by atoms with van der Waals surface area (Å²) >= 11 is 0. The molecular weight excluding hydrogens is 412 g/mol. The highest BCUT2D eigenvalue weighted by Gasteiger charge is 2.26. The third-order valence-corrected chi connectivity index (χ3v) is 7.36. The first-order valence-corrected chi connectivity index (χ1v) is 12.2. The molecule has 8 heteroatoms. The minimum atomic E-state index is -3.64. The minimum absolute atomic E-state index is 0.228. The minimum Gasteiger partial charge on any atom is -0.387 e. The molecule has 0 aliphatic carbocycles. The van der Waals surface area contributed by atoms with Crippen LogP contribution in [0.1, 0.15) is 24.5 Å². The first-order valence-electron chi connectivity index (χ1n) is 10.7. The maximum Gasteiger partial charge on any atom is 0.286 e. The molecule has 0 bridgehead atoms. The van der Waals surface area contributed by atoms with Crippen molar-refractivity contribution in [1.82, 2.24) is 9.80 Å². The van der Waals surface area contributed by atoms with Gasteiger partial charge >= 0.3 is 0 Å². The van der Waals surface area contributed by atoms with E-state index in [4.69, 9.17) is 0 Å². The van der Waals surface area contributed by atoms with Crippen molar-refractivity contribution in [3.63, 3.8) is 0 Å². The Bertz CT molecular complexity index is 1020. The largest absolute Gasteiger partial charge is 0.387 e. The van der Waals surface area contributed by atoms with Crippen LogP contribution in [0.15, 0.2) is 63.9 Å². The van der Waals surface area contributed by atoms with Crippen molar-refractivity contribution in [3.05, 3.63) is 60.2 Å². The molecule has 2 aliphatic rings. The number of rotatable bonds is 7. The number of anilines is 1. The lowest BCUT2D eigenvalue weighted by atomic mass is 9.95. The first-order chi connectivity index (χ1) is 14.9. The van der Waals surface area contributed by atoms with Crippen molar-refractivity contribution in [2.75, 3.05) is 45.1 Å². The molecule has 0 amide bonds. The number of benzene rings is 2. The van der Waals surface area contributed by atoms with E-state index in [2.05, 4.69) is 19.5 Å². The Hall–Kier alpha value is -2.26. The molecule has 1 atom stereocenters. The van der Waals surface area contributed by atoms with Gasteiger partial charge in [0.25, 0.3) is 10.0 Å². The van der Waals surface area contributed by atoms with Crippen LogP contribution in [0.25, 0.3) is 0 Å². The Morgan fingerprint density at radius 3 is 2.55 bits per heavy atom. The second kappa shape index (κ2) is 9.48. The number of fused-ring (bicyclic) bond motifs is 1. The topological polar surface area (TPSA) is 85.2 Å². The number of amidine groups is 1. The maximum absolute atomic E-state index is 12.4. The fraction of sp³-hybridized carbons (Fsp3) is 0.435. The molecule has 31 heavy (non-hydrogen) atoms. The molecule has 2 N–H and O–H groups in total. The lowest BCUT2D eigenvalue weighted by Crippen LogP contribution is -2.41. The number of aliphatic hydroxyl groups excluding tert-OH is 1. The molecular formula is C23H30N4O3S. The Morgan fingerprint density at radius 1 is 1.13 bits per heavy atom. The zero-order chi connectivity index (χ0) is 21.8. The summed E-state index contributed by atoms with van der Waals surface area (Å²) in [5.41, 5.74) is 1.55. The number of likely N-dealkylation sites (N-methyl/N-ethyl adjacent to an activating group) is 1. The number of sulfonamides is 1. The predicted molar refractivity (Wildman–Crippen MR) is 123 cm³/mol. The second-order valence-electron chi connectivity index (χ2n) is 8.50. The van der Waals surface area contributed by atoms with Gasteiger partial charge in [0.2, 0.25) is 0 Å². The zero-order valence-electron chi connectivity index (χ0n) is 17.8. The number of para-hydroxylation sites is 1. The Balaban J connectivity index is 1.25. The molecule has 0 spiro atoms. The molecule has 4 rings (SSSR count). The van der Waals surface area contributed by atoms with Gasteiger partial charge in [0.05, 0.1) is 18.3 Å². The van der Waals surface area contributed by atoms with Crippen LogP contribution in [0.4, 0.5) is 5.69 Å². The average Bonchev–Trinajstić information content (AvgIpc) is 2.75. The molecule has 0 radical (unpaired) electrons.